The largest absolute Gasteiger partial charge is 3.00 e. The normalized spacial score (nSPS) is 10.7. The molecule has 228 valence electrons. The molecule has 3 aromatic rings. The van der Waals surface area contributed by atoms with Crippen LogP contribution in [0.5, 0.6) is 17.2 Å². The molecule has 0 aliphatic rings. The fourth-order valence-electron chi connectivity index (χ4n) is 2.46. The maximum atomic E-state index is 10.4. The van der Waals surface area contributed by atoms with Gasteiger partial charge in [-0.15, -0.1) is 0 Å². The van der Waals surface area contributed by atoms with Crippen LogP contribution in [-0.2, 0) is 63.9 Å². The molecule has 0 fully saturated rings. The molecule has 43 heavy (non-hydrogen) atoms. The van der Waals surface area contributed by atoms with Crippen molar-refractivity contribution in [1.29, 1.82) is 0 Å². The van der Waals surface area contributed by atoms with Crippen LogP contribution in [0.4, 0.5) is 0 Å². The Morgan fingerprint density at radius 2 is 0.651 bits per heavy atom. The molecule has 0 unspecified atom stereocenters. The van der Waals surface area contributed by atoms with E-state index < -0.39 is 83.0 Å². The zero-order valence-electron chi connectivity index (χ0n) is 20.7. The zero-order valence-corrected chi connectivity index (χ0v) is 26.0. The third-order valence-electron chi connectivity index (χ3n) is 3.91. The Bertz CT molecular complexity index is 1560. The van der Waals surface area contributed by atoms with Crippen molar-refractivity contribution in [3.05, 3.63) is 89.5 Å². The van der Waals surface area contributed by atoms with Gasteiger partial charge in [0.2, 0.25) is 0 Å². The summed E-state index contributed by atoms with van der Waals surface area (Å²) in [5.41, 5.74) is -1.36. The quantitative estimate of drug-likeness (QED) is 0.194. The fraction of sp³-hybridized carbons (Fsp3) is 0. The Hall–Kier alpha value is -3.70. The summed E-state index contributed by atoms with van der Waals surface area (Å²) in [5, 5.41) is 31.3. The minimum atomic E-state index is -4.72. The maximum Gasteiger partial charge on any atom is 3.00 e. The minimum Gasteiger partial charge on any atom is -0.545 e. The maximum absolute atomic E-state index is 10.4. The van der Waals surface area contributed by atoms with Crippen LogP contribution in [0, 0.1) is 0 Å². The number of hydrogen-bond donors (Lipinski definition) is 3. The molecular weight excluding hydrogens is 725 g/mol. The summed E-state index contributed by atoms with van der Waals surface area (Å²) in [5.74, 6) is -6.25. The Kier molecular flexibility index (Phi) is 15.4. The number of aromatic carboxylic acids is 3. The van der Waals surface area contributed by atoms with Crippen LogP contribution >= 0.6 is 0 Å². The van der Waals surface area contributed by atoms with Gasteiger partial charge in [0, 0.05) is 16.7 Å². The molecule has 0 saturated heterocycles. The molecule has 0 heterocycles. The van der Waals surface area contributed by atoms with Gasteiger partial charge in [0.25, 0.3) is 0 Å². The number of benzene rings is 3. The first kappa shape index (κ1) is 39.3. The van der Waals surface area contributed by atoms with Crippen molar-refractivity contribution in [3.8, 4) is 17.2 Å². The molecule has 0 aromatic heterocycles. The molecule has 0 amide bonds. The summed E-state index contributed by atoms with van der Waals surface area (Å²) in [4.78, 5) is 31.3. The molecule has 0 bridgehead atoms. The molecule has 18 nitrogen and oxygen atoms in total. The van der Waals surface area contributed by atoms with E-state index in [9.17, 15) is 55.0 Å². The number of rotatable bonds is 9. The molecule has 0 spiro atoms. The van der Waals surface area contributed by atoms with Crippen molar-refractivity contribution in [2.45, 2.75) is 0 Å². The Morgan fingerprint density at radius 1 is 0.465 bits per heavy atom. The van der Waals surface area contributed by atoms with Gasteiger partial charge in [0.1, 0.15) is 0 Å². The van der Waals surface area contributed by atoms with E-state index in [0.29, 0.717) is 0 Å². The van der Waals surface area contributed by atoms with Gasteiger partial charge in [-0.05, 0) is 36.4 Å². The van der Waals surface area contributed by atoms with Crippen molar-refractivity contribution in [3.63, 3.8) is 0 Å². The molecule has 0 aliphatic heterocycles. The second kappa shape index (κ2) is 16.8. The monoisotopic (exact) mass is 740 g/mol. The number of carboxylic acids is 3. The summed E-state index contributed by atoms with van der Waals surface area (Å²) in [7, 11) is -14.2. The predicted molar refractivity (Wildman–Crippen MR) is 129 cm³/mol. The van der Waals surface area contributed by atoms with Crippen molar-refractivity contribution >= 4 is 49.1 Å². The number of carbonyl (C=O) groups is 3. The summed E-state index contributed by atoms with van der Waals surface area (Å²) in [6.45, 7) is 0. The topological polar surface area (TPSA) is 311 Å². The van der Waals surface area contributed by atoms with Gasteiger partial charge >= 0.3 is 63.9 Å². The average molecular weight is 740 g/mol. The second-order valence-corrected chi connectivity index (χ2v) is 9.95. The summed E-state index contributed by atoms with van der Waals surface area (Å²) in [6.07, 6.45) is 0. The van der Waals surface area contributed by atoms with Gasteiger partial charge in [-0.3, -0.25) is 13.7 Å². The van der Waals surface area contributed by atoms with Gasteiger partial charge in [0.15, 0.2) is 17.2 Å². The minimum absolute atomic E-state index is 0. The van der Waals surface area contributed by atoms with Gasteiger partial charge < -0.3 is 42.3 Å². The van der Waals surface area contributed by atoms with E-state index in [1.54, 1.807) is 0 Å². The van der Waals surface area contributed by atoms with Crippen LogP contribution < -0.4 is 27.9 Å². The van der Waals surface area contributed by atoms with E-state index in [-0.39, 0.29) is 32.7 Å². The Morgan fingerprint density at radius 3 is 0.814 bits per heavy atom. The van der Waals surface area contributed by atoms with Crippen molar-refractivity contribution in [2.24, 2.45) is 0 Å². The Labute approximate surface area is 268 Å². The molecule has 3 N–H and O–H groups in total. The molecule has 3 aromatic carbocycles. The summed E-state index contributed by atoms with van der Waals surface area (Å²) >= 11 is 0. The van der Waals surface area contributed by atoms with Crippen molar-refractivity contribution < 1.29 is 114 Å². The number of carbonyl (C=O) groups excluding carboxylic acids is 3. The first-order valence-corrected chi connectivity index (χ1v) is 14.2. The average Bonchev–Trinajstić information content (AvgIpc) is 2.82. The van der Waals surface area contributed by atoms with Crippen LogP contribution in [0.15, 0.2) is 72.8 Å². The number of hydrogen-bond acceptors (Lipinski definition) is 15. The SMILES string of the molecule is O=C([O-])c1ccccc1OS(=O)(=O)O.O=C([O-])c1ccccc1OS(=O)(=O)O.O=C([O-])c1ccccc1OS(=O)(=O)O.[Y+3]. The predicted octanol–water partition coefficient (Wildman–Crippen LogP) is -2.31. The van der Waals surface area contributed by atoms with Crippen molar-refractivity contribution in [2.75, 3.05) is 0 Å². The van der Waals surface area contributed by atoms with Crippen LogP contribution in [0.25, 0.3) is 0 Å². The van der Waals surface area contributed by atoms with E-state index in [1.807, 2.05) is 0 Å². The molecule has 0 radical (unpaired) electrons. The van der Waals surface area contributed by atoms with E-state index in [4.69, 9.17) is 13.7 Å². The third kappa shape index (κ3) is 15.9. The molecule has 22 heteroatoms. The van der Waals surface area contributed by atoms with Gasteiger partial charge in [-0.1, -0.05) is 36.4 Å². The first-order valence-electron chi connectivity index (χ1n) is 10.1. The van der Waals surface area contributed by atoms with E-state index in [2.05, 4.69) is 12.5 Å². The zero-order chi connectivity index (χ0) is 32.3. The third-order valence-corrected chi connectivity index (χ3v) is 5.08. The standard InChI is InChI=1S/3C7H6O6S.Y/c3*8-7(9)5-3-1-2-4-6(5)13-14(10,11)12;/h3*1-4H,(H,8,9)(H,10,11,12);/q;;;+3/p-3. The van der Waals surface area contributed by atoms with Crippen molar-refractivity contribution in [1.82, 2.24) is 0 Å². The van der Waals surface area contributed by atoms with E-state index in [1.165, 1.54) is 36.4 Å². The van der Waals surface area contributed by atoms with Gasteiger partial charge in [-0.2, -0.15) is 25.3 Å². The van der Waals surface area contributed by atoms with Crippen LogP contribution in [0.3, 0.4) is 0 Å². The van der Waals surface area contributed by atoms with Gasteiger partial charge in [0.05, 0.1) is 17.9 Å². The van der Waals surface area contributed by atoms with E-state index in [0.717, 1.165) is 36.4 Å². The number of para-hydroxylation sites is 3. The fourth-order valence-corrected chi connectivity index (χ4v) is 3.58. The van der Waals surface area contributed by atoms with E-state index >= 15 is 0 Å². The summed E-state index contributed by atoms with van der Waals surface area (Å²) < 4.78 is 98.7. The smallest absolute Gasteiger partial charge is 0.545 e. The molecular formula is C21H15O18S3Y. The van der Waals surface area contributed by atoms with Gasteiger partial charge in [-0.25, -0.2) is 0 Å². The summed E-state index contributed by atoms with van der Waals surface area (Å²) in [6, 6.07) is 14.7. The molecule has 3 rings (SSSR count). The van der Waals surface area contributed by atoms with Crippen LogP contribution in [0.1, 0.15) is 31.1 Å². The number of carboxylic acid groups (broad SMARTS) is 3. The molecule has 0 aliphatic carbocycles. The van der Waals surface area contributed by atoms with Crippen LogP contribution in [-0.4, -0.2) is 56.8 Å². The second-order valence-electron chi connectivity index (χ2n) is 6.88. The Balaban J connectivity index is 0.000000608. The molecule has 0 atom stereocenters. The first-order chi connectivity index (χ1) is 19.2. The van der Waals surface area contributed by atoms with Crippen LogP contribution in [0.2, 0.25) is 0 Å². The molecule has 0 saturated carbocycles.